The molecular weight excluding hydrogens is 289 g/mol. The van der Waals surface area contributed by atoms with Gasteiger partial charge in [0.1, 0.15) is 11.4 Å². The summed E-state index contributed by atoms with van der Waals surface area (Å²) in [5.74, 6) is -0.557. The Balaban J connectivity index is 1.59. The van der Waals surface area contributed by atoms with Crippen LogP contribution in [0.1, 0.15) is 12.0 Å². The number of nitrogens with zero attached hydrogens (tertiary/aromatic N) is 2. The molecule has 7 heteroatoms. The van der Waals surface area contributed by atoms with Crippen molar-refractivity contribution < 1.29 is 19.1 Å². The average Bonchev–Trinajstić information content (AvgIpc) is 3.02. The number of aliphatic hydroxyl groups is 1. The molecule has 0 radical (unpaired) electrons. The highest BCUT2D eigenvalue weighted by atomic mass is 19.1. The lowest BCUT2D eigenvalue weighted by Gasteiger charge is -2.24. The number of halogens is 1. The number of likely N-dealkylation sites (tertiary alicyclic amines) is 1. The second-order valence-electron chi connectivity index (χ2n) is 5.77. The fraction of sp³-hybridized carbons (Fsp3) is 0.467. The molecule has 2 saturated heterocycles. The van der Waals surface area contributed by atoms with E-state index in [9.17, 15) is 19.1 Å². The van der Waals surface area contributed by atoms with E-state index in [1.807, 2.05) is 4.90 Å². The summed E-state index contributed by atoms with van der Waals surface area (Å²) in [6.45, 7) is 1.95. The van der Waals surface area contributed by atoms with Gasteiger partial charge in [0.25, 0.3) is 0 Å². The van der Waals surface area contributed by atoms with Gasteiger partial charge in [-0.2, -0.15) is 0 Å². The van der Waals surface area contributed by atoms with Gasteiger partial charge in [-0.15, -0.1) is 0 Å². The third-order valence-electron chi connectivity index (χ3n) is 4.29. The van der Waals surface area contributed by atoms with Crippen molar-refractivity contribution in [3.8, 4) is 0 Å². The molecule has 2 fully saturated rings. The van der Waals surface area contributed by atoms with Gasteiger partial charge in [-0.1, -0.05) is 12.1 Å². The first kappa shape index (κ1) is 14.9. The minimum Gasteiger partial charge on any atom is -0.384 e. The standard InChI is InChI=1S/C15H18FN3O3/c16-12-3-1-11(2-4-12)15(22)5-6-18(10-15)7-8-19-13(20)9-17-14(19)21/h1-4,22H,5-10H2,(H,17,21). The Labute approximate surface area is 127 Å². The molecule has 2 N–H and O–H groups in total. The van der Waals surface area contributed by atoms with Crippen molar-refractivity contribution in [3.05, 3.63) is 35.6 Å². The maximum Gasteiger partial charge on any atom is 0.324 e. The summed E-state index contributed by atoms with van der Waals surface area (Å²) in [6, 6.07) is 5.50. The number of nitrogens with one attached hydrogen (secondary N) is 1. The normalized spacial score (nSPS) is 25.8. The zero-order chi connectivity index (χ0) is 15.7. The third kappa shape index (κ3) is 2.82. The number of urea groups is 1. The summed E-state index contributed by atoms with van der Waals surface area (Å²) >= 11 is 0. The van der Waals surface area contributed by atoms with Crippen molar-refractivity contribution in [3.63, 3.8) is 0 Å². The lowest BCUT2D eigenvalue weighted by atomic mass is 9.93. The predicted octanol–water partition coefficient (Wildman–Crippen LogP) is 0.271. The Bertz CT molecular complexity index is 576. The van der Waals surface area contributed by atoms with Gasteiger partial charge in [-0.3, -0.25) is 14.6 Å². The van der Waals surface area contributed by atoms with E-state index >= 15 is 0 Å². The number of imide groups is 1. The summed E-state index contributed by atoms with van der Waals surface area (Å²) in [7, 11) is 0. The molecule has 3 amide bonds. The Kier molecular flexibility index (Phi) is 3.84. The summed E-state index contributed by atoms with van der Waals surface area (Å²) in [5, 5.41) is 13.2. The first-order valence-corrected chi connectivity index (χ1v) is 7.27. The minimum atomic E-state index is -1.01. The van der Waals surface area contributed by atoms with E-state index in [1.54, 1.807) is 12.1 Å². The Morgan fingerprint density at radius 3 is 2.59 bits per heavy atom. The molecular formula is C15H18FN3O3. The molecule has 0 saturated carbocycles. The first-order valence-electron chi connectivity index (χ1n) is 7.27. The van der Waals surface area contributed by atoms with Crippen molar-refractivity contribution in [1.82, 2.24) is 15.1 Å². The number of carbonyl (C=O) groups excluding carboxylic acids is 2. The van der Waals surface area contributed by atoms with Gasteiger partial charge in [0.15, 0.2) is 0 Å². The summed E-state index contributed by atoms with van der Waals surface area (Å²) in [6.07, 6.45) is 0.540. The lowest BCUT2D eigenvalue weighted by molar-refractivity contribution is -0.125. The van der Waals surface area contributed by atoms with Crippen LogP contribution in [-0.2, 0) is 10.4 Å². The molecule has 1 unspecified atom stereocenters. The Morgan fingerprint density at radius 1 is 1.23 bits per heavy atom. The molecule has 118 valence electrons. The fourth-order valence-corrected chi connectivity index (χ4v) is 2.98. The number of β-amino-alcohol motifs (C(OH)–C–C–N with tert-alkyl or cyclic N) is 1. The van der Waals surface area contributed by atoms with Crippen LogP contribution in [0, 0.1) is 5.82 Å². The average molecular weight is 307 g/mol. The smallest absolute Gasteiger partial charge is 0.324 e. The SMILES string of the molecule is O=C1CNC(=O)N1CCN1CCC(O)(c2ccc(F)cc2)C1. The fourth-order valence-electron chi connectivity index (χ4n) is 2.98. The van der Waals surface area contributed by atoms with E-state index in [0.717, 1.165) is 0 Å². The number of rotatable bonds is 4. The molecule has 1 aromatic rings. The molecule has 6 nitrogen and oxygen atoms in total. The van der Waals surface area contributed by atoms with Crippen LogP contribution in [0.15, 0.2) is 24.3 Å². The molecule has 0 bridgehead atoms. The van der Waals surface area contributed by atoms with Crippen LogP contribution in [-0.4, -0.2) is 59.6 Å². The molecule has 1 aromatic carbocycles. The van der Waals surface area contributed by atoms with Crippen LogP contribution < -0.4 is 5.32 Å². The van der Waals surface area contributed by atoms with Crippen molar-refractivity contribution >= 4 is 11.9 Å². The van der Waals surface area contributed by atoms with Crippen molar-refractivity contribution in [1.29, 1.82) is 0 Å². The highest BCUT2D eigenvalue weighted by Crippen LogP contribution is 2.31. The van der Waals surface area contributed by atoms with Crippen molar-refractivity contribution in [2.24, 2.45) is 0 Å². The molecule has 0 spiro atoms. The zero-order valence-corrected chi connectivity index (χ0v) is 12.1. The van der Waals surface area contributed by atoms with Crippen molar-refractivity contribution in [2.75, 3.05) is 32.7 Å². The van der Waals surface area contributed by atoms with Crippen LogP contribution in [0.5, 0.6) is 0 Å². The van der Waals surface area contributed by atoms with Crippen LogP contribution in [0.25, 0.3) is 0 Å². The minimum absolute atomic E-state index is 0.0539. The molecule has 2 aliphatic rings. The quantitative estimate of drug-likeness (QED) is 0.783. The molecule has 1 atom stereocenters. The summed E-state index contributed by atoms with van der Waals surface area (Å²) in [4.78, 5) is 26.2. The summed E-state index contributed by atoms with van der Waals surface area (Å²) in [5.41, 5.74) is -0.322. The van der Waals surface area contributed by atoms with E-state index in [0.29, 0.717) is 38.2 Å². The molecule has 2 aliphatic heterocycles. The van der Waals surface area contributed by atoms with Gasteiger partial charge in [-0.25, -0.2) is 9.18 Å². The summed E-state index contributed by atoms with van der Waals surface area (Å²) < 4.78 is 13.0. The number of hydrogen-bond donors (Lipinski definition) is 2. The van der Waals surface area contributed by atoms with Crippen LogP contribution in [0.2, 0.25) is 0 Å². The highest BCUT2D eigenvalue weighted by Gasteiger charge is 2.38. The molecule has 22 heavy (non-hydrogen) atoms. The van der Waals surface area contributed by atoms with E-state index in [1.165, 1.54) is 17.0 Å². The first-order chi connectivity index (χ1) is 10.5. The second kappa shape index (κ2) is 5.66. The second-order valence-corrected chi connectivity index (χ2v) is 5.77. The van der Waals surface area contributed by atoms with E-state index < -0.39 is 5.60 Å². The van der Waals surface area contributed by atoms with Gasteiger partial charge >= 0.3 is 6.03 Å². The molecule has 0 aliphatic carbocycles. The van der Waals surface area contributed by atoms with Gasteiger partial charge in [0.05, 0.1) is 6.54 Å². The van der Waals surface area contributed by atoms with Crippen LogP contribution >= 0.6 is 0 Å². The number of hydrogen-bond acceptors (Lipinski definition) is 4. The van der Waals surface area contributed by atoms with Crippen LogP contribution in [0.3, 0.4) is 0 Å². The lowest BCUT2D eigenvalue weighted by Crippen LogP contribution is -2.39. The number of carbonyl (C=O) groups is 2. The zero-order valence-electron chi connectivity index (χ0n) is 12.1. The number of benzene rings is 1. The van der Waals surface area contributed by atoms with E-state index in [2.05, 4.69) is 5.32 Å². The van der Waals surface area contributed by atoms with Gasteiger partial charge < -0.3 is 10.4 Å². The Hall–Kier alpha value is -1.99. The van der Waals surface area contributed by atoms with Gasteiger partial charge in [-0.05, 0) is 24.1 Å². The molecule has 3 rings (SSSR count). The van der Waals surface area contributed by atoms with Gasteiger partial charge in [0.2, 0.25) is 5.91 Å². The van der Waals surface area contributed by atoms with E-state index in [4.69, 9.17) is 0 Å². The predicted molar refractivity (Wildman–Crippen MR) is 76.5 cm³/mol. The largest absolute Gasteiger partial charge is 0.384 e. The highest BCUT2D eigenvalue weighted by molar-refractivity contribution is 6.01. The third-order valence-corrected chi connectivity index (χ3v) is 4.29. The maximum absolute atomic E-state index is 13.0. The monoisotopic (exact) mass is 307 g/mol. The molecule has 0 aromatic heterocycles. The number of amides is 3. The van der Waals surface area contributed by atoms with Crippen molar-refractivity contribution in [2.45, 2.75) is 12.0 Å². The van der Waals surface area contributed by atoms with Crippen LogP contribution in [0.4, 0.5) is 9.18 Å². The maximum atomic E-state index is 13.0. The van der Waals surface area contributed by atoms with Gasteiger partial charge in [0, 0.05) is 26.2 Å². The Morgan fingerprint density at radius 2 is 1.95 bits per heavy atom. The molecule has 2 heterocycles. The topological polar surface area (TPSA) is 72.9 Å². The van der Waals surface area contributed by atoms with E-state index in [-0.39, 0.29) is 24.3 Å².